The van der Waals surface area contributed by atoms with Crippen LogP contribution in [0.5, 0.6) is 0 Å². The molecule has 1 aromatic heterocycles. The molecule has 0 spiro atoms. The van der Waals surface area contributed by atoms with Gasteiger partial charge in [-0.15, -0.1) is 15.7 Å². The van der Waals surface area contributed by atoms with Crippen LogP contribution in [0.4, 0.5) is 4.39 Å². The van der Waals surface area contributed by atoms with Crippen LogP contribution in [0.15, 0.2) is 27.0 Å². The standard InChI is InChI=1S/C20H28FN3O3S2/c1-11(2)13-7-8-15(21)18(12(3)4)14(13)9-17(25)24-29(22,27)19-23-10-16(28-19)20(5,6)26/h7-8,10-12,26H,9H2,1-6H3,(H2,22,24,25,27). The molecule has 1 unspecified atom stereocenters. The first-order chi connectivity index (χ1) is 13.2. The third-order valence-corrected chi connectivity index (χ3v) is 7.59. The van der Waals surface area contributed by atoms with Crippen LogP contribution in [0.2, 0.25) is 0 Å². The lowest BCUT2D eigenvalue weighted by atomic mass is 9.86. The monoisotopic (exact) mass is 441 g/mol. The Hall–Kier alpha value is -1.68. The highest BCUT2D eigenvalue weighted by atomic mass is 32.2. The molecule has 3 N–H and O–H groups in total. The molecule has 1 aromatic carbocycles. The molecular formula is C20H28FN3O3S2. The van der Waals surface area contributed by atoms with Gasteiger partial charge in [0.1, 0.15) is 5.82 Å². The fourth-order valence-corrected chi connectivity index (χ4v) is 5.22. The van der Waals surface area contributed by atoms with Gasteiger partial charge in [0.2, 0.25) is 4.34 Å². The summed E-state index contributed by atoms with van der Waals surface area (Å²) in [4.78, 5) is 17.1. The van der Waals surface area contributed by atoms with Crippen molar-refractivity contribution in [2.24, 2.45) is 9.50 Å². The maximum atomic E-state index is 14.5. The SMILES string of the molecule is CC(C)c1ccc(F)c(C(C)C)c1CC(=O)N=S(N)(=O)c1ncc(C(C)(C)O)s1. The van der Waals surface area contributed by atoms with Gasteiger partial charge in [-0.2, -0.15) is 0 Å². The van der Waals surface area contributed by atoms with E-state index in [2.05, 4.69) is 9.35 Å². The molecule has 9 heteroatoms. The van der Waals surface area contributed by atoms with Crippen molar-refractivity contribution in [3.63, 3.8) is 0 Å². The predicted octanol–water partition coefficient (Wildman–Crippen LogP) is 4.23. The van der Waals surface area contributed by atoms with Crippen LogP contribution >= 0.6 is 11.3 Å². The minimum absolute atomic E-state index is 0.0321. The average Bonchev–Trinajstić information content (AvgIpc) is 3.04. The molecule has 6 nitrogen and oxygen atoms in total. The van der Waals surface area contributed by atoms with Crippen LogP contribution in [0.3, 0.4) is 0 Å². The van der Waals surface area contributed by atoms with Gasteiger partial charge in [0, 0.05) is 6.20 Å². The lowest BCUT2D eigenvalue weighted by molar-refractivity contribution is -0.117. The van der Waals surface area contributed by atoms with Crippen LogP contribution < -0.4 is 5.14 Å². The number of halogens is 1. The van der Waals surface area contributed by atoms with E-state index in [1.807, 2.05) is 27.7 Å². The molecule has 0 saturated heterocycles. The number of carbonyl (C=O) groups is 1. The topological polar surface area (TPSA) is 106 Å². The second kappa shape index (κ2) is 8.59. The molecule has 1 heterocycles. The van der Waals surface area contributed by atoms with Crippen molar-refractivity contribution in [2.75, 3.05) is 0 Å². The quantitative estimate of drug-likeness (QED) is 0.700. The number of benzene rings is 1. The Morgan fingerprint density at radius 1 is 1.31 bits per heavy atom. The summed E-state index contributed by atoms with van der Waals surface area (Å²) in [7, 11) is -3.57. The first-order valence-corrected chi connectivity index (χ1v) is 11.7. The molecule has 0 saturated carbocycles. The molecule has 29 heavy (non-hydrogen) atoms. The summed E-state index contributed by atoms with van der Waals surface area (Å²) in [5.41, 5.74) is 0.702. The second-order valence-corrected chi connectivity index (χ2v) is 11.1. The van der Waals surface area contributed by atoms with Crippen LogP contribution in [0.25, 0.3) is 0 Å². The van der Waals surface area contributed by atoms with Crippen molar-refractivity contribution in [3.05, 3.63) is 45.7 Å². The molecule has 1 amide bonds. The largest absolute Gasteiger partial charge is 0.385 e. The summed E-state index contributed by atoms with van der Waals surface area (Å²) in [6.45, 7) is 10.8. The number of hydrogen-bond donors (Lipinski definition) is 2. The summed E-state index contributed by atoms with van der Waals surface area (Å²) < 4.78 is 31.0. The van der Waals surface area contributed by atoms with Crippen molar-refractivity contribution in [1.29, 1.82) is 0 Å². The minimum atomic E-state index is -3.57. The number of nitrogens with zero attached hydrogens (tertiary/aromatic N) is 2. The number of amides is 1. The Labute approximate surface area is 175 Å². The molecule has 0 aliphatic carbocycles. The molecule has 0 fully saturated rings. The molecule has 0 radical (unpaired) electrons. The first kappa shape index (κ1) is 23.6. The maximum Gasteiger partial charge on any atom is 0.259 e. The van der Waals surface area contributed by atoms with E-state index in [0.29, 0.717) is 16.0 Å². The van der Waals surface area contributed by atoms with Crippen molar-refractivity contribution >= 4 is 27.2 Å². The first-order valence-electron chi connectivity index (χ1n) is 9.31. The van der Waals surface area contributed by atoms with Gasteiger partial charge in [0.25, 0.3) is 5.91 Å². The molecule has 2 aromatic rings. The van der Waals surface area contributed by atoms with E-state index in [9.17, 15) is 18.5 Å². The number of rotatable bonds is 6. The van der Waals surface area contributed by atoms with Crippen molar-refractivity contribution < 1.29 is 18.5 Å². The number of carbonyl (C=O) groups excluding carboxylic acids is 1. The molecule has 0 aliphatic rings. The van der Waals surface area contributed by atoms with E-state index in [4.69, 9.17) is 5.14 Å². The molecule has 2 rings (SSSR count). The Morgan fingerprint density at radius 3 is 2.41 bits per heavy atom. The van der Waals surface area contributed by atoms with Gasteiger partial charge in [-0.1, -0.05) is 33.8 Å². The molecule has 0 bridgehead atoms. The smallest absolute Gasteiger partial charge is 0.259 e. The van der Waals surface area contributed by atoms with Gasteiger partial charge in [-0.3, -0.25) is 4.79 Å². The van der Waals surface area contributed by atoms with E-state index >= 15 is 0 Å². The third kappa shape index (κ3) is 5.48. The van der Waals surface area contributed by atoms with Gasteiger partial charge < -0.3 is 5.11 Å². The lowest BCUT2D eigenvalue weighted by Crippen LogP contribution is -2.17. The van der Waals surface area contributed by atoms with Gasteiger partial charge >= 0.3 is 0 Å². The number of thiazole rings is 1. The molecule has 160 valence electrons. The summed E-state index contributed by atoms with van der Waals surface area (Å²) in [5.74, 6) is -1.14. The van der Waals surface area contributed by atoms with Crippen LogP contribution in [0.1, 0.15) is 74.9 Å². The predicted molar refractivity (Wildman–Crippen MR) is 114 cm³/mol. The van der Waals surface area contributed by atoms with Crippen molar-refractivity contribution in [1.82, 2.24) is 4.98 Å². The summed E-state index contributed by atoms with van der Waals surface area (Å²) in [6, 6.07) is 3.08. The maximum absolute atomic E-state index is 14.5. The fourth-order valence-electron chi connectivity index (χ4n) is 3.07. The number of hydrogen-bond acceptors (Lipinski definition) is 5. The van der Waals surface area contributed by atoms with Gasteiger partial charge in [-0.25, -0.2) is 18.7 Å². The van der Waals surface area contributed by atoms with Crippen molar-refractivity contribution in [3.8, 4) is 0 Å². The molecule has 0 aliphatic heterocycles. The van der Waals surface area contributed by atoms with E-state index < -0.39 is 21.4 Å². The normalized spacial score (nSPS) is 14.3. The van der Waals surface area contributed by atoms with E-state index in [0.717, 1.165) is 16.9 Å². The summed E-state index contributed by atoms with van der Waals surface area (Å²) in [5, 5.41) is 15.8. The minimum Gasteiger partial charge on any atom is -0.385 e. The van der Waals surface area contributed by atoms with Gasteiger partial charge in [0.15, 0.2) is 9.92 Å². The van der Waals surface area contributed by atoms with E-state index in [1.165, 1.54) is 12.3 Å². The zero-order valence-electron chi connectivity index (χ0n) is 17.5. The number of nitrogens with two attached hydrogens (primary N) is 1. The van der Waals surface area contributed by atoms with Crippen LogP contribution in [0, 0.1) is 5.82 Å². The summed E-state index contributed by atoms with van der Waals surface area (Å²) in [6.07, 6.45) is 1.17. The van der Waals surface area contributed by atoms with E-state index in [1.54, 1.807) is 19.9 Å². The highest BCUT2D eigenvalue weighted by Gasteiger charge is 2.24. The lowest BCUT2D eigenvalue weighted by Gasteiger charge is -2.19. The fraction of sp³-hybridized carbons (Fsp3) is 0.500. The molecular weight excluding hydrogens is 413 g/mol. The Bertz CT molecular complexity index is 1030. The van der Waals surface area contributed by atoms with Crippen molar-refractivity contribution in [2.45, 2.75) is 69.7 Å². The van der Waals surface area contributed by atoms with E-state index in [-0.39, 0.29) is 28.4 Å². The Morgan fingerprint density at radius 2 is 1.93 bits per heavy atom. The summed E-state index contributed by atoms with van der Waals surface area (Å²) >= 11 is 0.946. The highest BCUT2D eigenvalue weighted by Crippen LogP contribution is 2.31. The Kier molecular flexibility index (Phi) is 6.99. The zero-order valence-corrected chi connectivity index (χ0v) is 19.2. The second-order valence-electron chi connectivity index (χ2n) is 8.12. The van der Waals surface area contributed by atoms with Crippen LogP contribution in [-0.4, -0.2) is 20.2 Å². The number of aromatic nitrogens is 1. The highest BCUT2D eigenvalue weighted by molar-refractivity contribution is 7.93. The third-order valence-electron chi connectivity index (χ3n) is 4.44. The average molecular weight is 442 g/mol. The van der Waals surface area contributed by atoms with Gasteiger partial charge in [-0.05, 0) is 48.4 Å². The molecule has 1 atom stereocenters. The van der Waals surface area contributed by atoms with Gasteiger partial charge in [0.05, 0.1) is 16.9 Å². The number of aliphatic hydroxyl groups is 1. The zero-order chi connectivity index (χ0) is 22.1. The Balaban J connectivity index is 2.46. The van der Waals surface area contributed by atoms with Crippen LogP contribution in [-0.2, 0) is 26.7 Å².